The second-order valence-corrected chi connectivity index (χ2v) is 8.61. The molecule has 1 aliphatic rings. The van der Waals surface area contributed by atoms with Gasteiger partial charge in [-0.15, -0.1) is 0 Å². The molecule has 30 heavy (non-hydrogen) atoms. The van der Waals surface area contributed by atoms with E-state index < -0.39 is 0 Å². The van der Waals surface area contributed by atoms with Crippen LogP contribution in [0.2, 0.25) is 0 Å². The highest BCUT2D eigenvalue weighted by Gasteiger charge is 2.41. The van der Waals surface area contributed by atoms with Crippen LogP contribution in [0.25, 0.3) is 5.69 Å². The molecule has 1 N–H and O–H groups in total. The van der Waals surface area contributed by atoms with Gasteiger partial charge in [-0.1, -0.05) is 31.2 Å². The summed E-state index contributed by atoms with van der Waals surface area (Å²) in [5, 5.41) is 4.37. The summed E-state index contributed by atoms with van der Waals surface area (Å²) in [4.78, 5) is 6.99. The van der Waals surface area contributed by atoms with E-state index in [0.29, 0.717) is 0 Å². The molecule has 0 spiro atoms. The number of thiocarbonyl (C=S) groups is 1. The maximum atomic E-state index is 5.76. The Kier molecular flexibility index (Phi) is 5.65. The van der Waals surface area contributed by atoms with Gasteiger partial charge in [-0.2, -0.15) is 0 Å². The van der Waals surface area contributed by atoms with Crippen molar-refractivity contribution in [1.29, 1.82) is 0 Å². The summed E-state index contributed by atoms with van der Waals surface area (Å²) in [6, 6.07) is 15.1. The summed E-state index contributed by atoms with van der Waals surface area (Å²) >= 11 is 5.76. The molecule has 3 heterocycles. The number of nitrogens with zero attached hydrogens (tertiary/aromatic N) is 3. The summed E-state index contributed by atoms with van der Waals surface area (Å²) in [5.41, 5.74) is 8.71. The largest absolute Gasteiger partial charge is 0.352 e. The monoisotopic (exact) mass is 418 g/mol. The Morgan fingerprint density at radius 1 is 1.03 bits per heavy atom. The van der Waals surface area contributed by atoms with E-state index in [1.54, 1.807) is 0 Å². The minimum atomic E-state index is 0.0390. The fourth-order valence-corrected chi connectivity index (χ4v) is 5.15. The Hall–Kier alpha value is -2.66. The number of rotatable bonds is 5. The predicted octanol–water partition coefficient (Wildman–Crippen LogP) is 5.49. The maximum Gasteiger partial charge on any atom is 0.170 e. The molecule has 1 aromatic carbocycles. The number of aryl methyl sites for hydroxylation is 3. The van der Waals surface area contributed by atoms with Crippen LogP contribution in [0.1, 0.15) is 59.2 Å². The molecule has 4 rings (SSSR count). The molecule has 0 bridgehead atoms. The SMILES string of the molecule is CCCN1C(=S)N[C@H](c2ccccn2)[C@@H]1c1cc(C)n(-c2c(C)cccc2C)c1C. The topological polar surface area (TPSA) is 33.1 Å². The van der Waals surface area contributed by atoms with Crippen LogP contribution >= 0.6 is 12.2 Å². The molecular weight excluding hydrogens is 388 g/mol. The Bertz CT molecular complexity index is 1050. The first-order valence-electron chi connectivity index (χ1n) is 10.7. The van der Waals surface area contributed by atoms with E-state index in [1.807, 2.05) is 18.3 Å². The first kappa shape index (κ1) is 20.6. The number of nitrogens with one attached hydrogen (secondary N) is 1. The summed E-state index contributed by atoms with van der Waals surface area (Å²) in [7, 11) is 0. The zero-order chi connectivity index (χ0) is 21.4. The molecule has 0 saturated carbocycles. The molecule has 4 nitrogen and oxygen atoms in total. The lowest BCUT2D eigenvalue weighted by atomic mass is 9.96. The Labute approximate surface area is 184 Å². The van der Waals surface area contributed by atoms with Gasteiger partial charge in [0.15, 0.2) is 5.11 Å². The maximum absolute atomic E-state index is 5.76. The van der Waals surface area contributed by atoms with Crippen LogP contribution in [-0.4, -0.2) is 26.1 Å². The second kappa shape index (κ2) is 8.23. The fraction of sp³-hybridized carbons (Fsp3) is 0.360. The third kappa shape index (κ3) is 3.41. The van der Waals surface area contributed by atoms with E-state index in [0.717, 1.165) is 23.8 Å². The molecule has 1 fully saturated rings. The summed E-state index contributed by atoms with van der Waals surface area (Å²) in [6.45, 7) is 11.9. The van der Waals surface area contributed by atoms with E-state index in [4.69, 9.17) is 12.2 Å². The lowest BCUT2D eigenvalue weighted by Gasteiger charge is -2.28. The Morgan fingerprint density at radius 2 is 1.77 bits per heavy atom. The number of aromatic nitrogens is 2. The Morgan fingerprint density at radius 3 is 2.40 bits per heavy atom. The molecule has 0 unspecified atom stereocenters. The van der Waals surface area contributed by atoms with Gasteiger partial charge in [0, 0.05) is 24.1 Å². The van der Waals surface area contributed by atoms with Crippen molar-refractivity contribution >= 4 is 17.3 Å². The third-order valence-electron chi connectivity index (χ3n) is 6.11. The molecule has 0 aliphatic carbocycles. The van der Waals surface area contributed by atoms with E-state index in [9.17, 15) is 0 Å². The van der Waals surface area contributed by atoms with E-state index in [2.05, 4.69) is 84.7 Å². The van der Waals surface area contributed by atoms with Gasteiger partial charge in [0.1, 0.15) is 0 Å². The molecule has 156 valence electrons. The van der Waals surface area contributed by atoms with Crippen LogP contribution in [0.3, 0.4) is 0 Å². The minimum absolute atomic E-state index is 0.0390. The number of hydrogen-bond acceptors (Lipinski definition) is 2. The van der Waals surface area contributed by atoms with Crippen molar-refractivity contribution in [2.45, 2.75) is 53.1 Å². The highest BCUT2D eigenvalue weighted by molar-refractivity contribution is 7.80. The number of pyridine rings is 1. The van der Waals surface area contributed by atoms with Crippen molar-refractivity contribution in [2.24, 2.45) is 0 Å². The van der Waals surface area contributed by atoms with Gasteiger partial charge in [-0.3, -0.25) is 4.98 Å². The number of para-hydroxylation sites is 1. The van der Waals surface area contributed by atoms with E-state index >= 15 is 0 Å². The highest BCUT2D eigenvalue weighted by Crippen LogP contribution is 2.41. The van der Waals surface area contributed by atoms with E-state index in [-0.39, 0.29) is 12.1 Å². The second-order valence-electron chi connectivity index (χ2n) is 8.22. The molecule has 1 saturated heterocycles. The lowest BCUT2D eigenvalue weighted by Crippen LogP contribution is -2.30. The van der Waals surface area contributed by atoms with Crippen LogP contribution in [0, 0.1) is 27.7 Å². The quantitative estimate of drug-likeness (QED) is 0.556. The predicted molar refractivity (Wildman–Crippen MR) is 127 cm³/mol. The zero-order valence-corrected chi connectivity index (χ0v) is 19.3. The first-order chi connectivity index (χ1) is 14.4. The number of hydrogen-bond donors (Lipinski definition) is 1. The van der Waals surface area contributed by atoms with Gasteiger partial charge < -0.3 is 14.8 Å². The normalized spacial score (nSPS) is 18.7. The number of benzene rings is 1. The first-order valence-corrected chi connectivity index (χ1v) is 11.1. The average molecular weight is 419 g/mol. The molecule has 3 aromatic rings. The molecule has 2 aromatic heterocycles. The van der Waals surface area contributed by atoms with Crippen molar-refractivity contribution < 1.29 is 0 Å². The molecular formula is C25H30N4S. The van der Waals surface area contributed by atoms with Gasteiger partial charge in [0.2, 0.25) is 0 Å². The molecule has 2 atom stereocenters. The third-order valence-corrected chi connectivity index (χ3v) is 6.47. The summed E-state index contributed by atoms with van der Waals surface area (Å²) < 4.78 is 2.40. The molecule has 1 aliphatic heterocycles. The summed E-state index contributed by atoms with van der Waals surface area (Å²) in [6.07, 6.45) is 2.91. The van der Waals surface area contributed by atoms with E-state index in [1.165, 1.54) is 33.8 Å². The van der Waals surface area contributed by atoms with Gasteiger partial charge >= 0.3 is 0 Å². The van der Waals surface area contributed by atoms with Crippen molar-refractivity contribution in [2.75, 3.05) is 6.54 Å². The van der Waals surface area contributed by atoms with Crippen LogP contribution in [0.4, 0.5) is 0 Å². The smallest absolute Gasteiger partial charge is 0.170 e. The molecule has 0 amide bonds. The lowest BCUT2D eigenvalue weighted by molar-refractivity contribution is 0.316. The average Bonchev–Trinajstić information content (AvgIpc) is 3.20. The van der Waals surface area contributed by atoms with Crippen LogP contribution in [-0.2, 0) is 0 Å². The van der Waals surface area contributed by atoms with Crippen molar-refractivity contribution in [1.82, 2.24) is 19.8 Å². The molecule has 5 heteroatoms. The van der Waals surface area contributed by atoms with Crippen LogP contribution in [0.15, 0.2) is 48.7 Å². The summed E-state index contributed by atoms with van der Waals surface area (Å²) in [5.74, 6) is 0. The Balaban J connectivity index is 1.87. The van der Waals surface area contributed by atoms with Gasteiger partial charge in [-0.25, -0.2) is 0 Å². The fourth-order valence-electron chi connectivity index (χ4n) is 4.82. The highest BCUT2D eigenvalue weighted by atomic mass is 32.1. The van der Waals surface area contributed by atoms with Crippen molar-refractivity contribution in [3.8, 4) is 5.69 Å². The van der Waals surface area contributed by atoms with Gasteiger partial charge in [0.25, 0.3) is 0 Å². The van der Waals surface area contributed by atoms with Crippen molar-refractivity contribution in [3.05, 3.63) is 82.4 Å². The standard InChI is InChI=1S/C25H30N4S/c1-6-14-28-24(22(27-25(28)30)21-12-7-8-13-26-21)20-15-18(4)29(19(20)5)23-16(2)10-9-11-17(23)3/h7-13,15,22,24H,6,14H2,1-5H3,(H,27,30)/t22-,24+/m1/s1. The van der Waals surface area contributed by atoms with Crippen molar-refractivity contribution in [3.63, 3.8) is 0 Å². The van der Waals surface area contributed by atoms with Crippen LogP contribution < -0.4 is 5.32 Å². The van der Waals surface area contributed by atoms with Crippen LogP contribution in [0.5, 0.6) is 0 Å². The molecule has 0 radical (unpaired) electrons. The van der Waals surface area contributed by atoms with Gasteiger partial charge in [-0.05, 0) is 81.2 Å². The minimum Gasteiger partial charge on any atom is -0.352 e. The van der Waals surface area contributed by atoms with Gasteiger partial charge in [0.05, 0.1) is 23.5 Å². The zero-order valence-electron chi connectivity index (χ0n) is 18.4.